The highest BCUT2D eigenvalue weighted by Crippen LogP contribution is 2.37. The number of sulfonamides is 1. The molecule has 1 unspecified atom stereocenters. The number of methoxy groups -OCH3 is 1. The normalized spacial score (nSPS) is 19.4. The molecule has 1 aliphatic rings. The van der Waals surface area contributed by atoms with Crippen molar-refractivity contribution < 1.29 is 18.3 Å². The molecule has 0 saturated heterocycles. The van der Waals surface area contributed by atoms with Gasteiger partial charge in [-0.1, -0.05) is 36.4 Å². The minimum atomic E-state index is -3.74. The average Bonchev–Trinajstić information content (AvgIpc) is 2.72. The van der Waals surface area contributed by atoms with Crippen molar-refractivity contribution in [2.45, 2.75) is 29.8 Å². The SMILES string of the molecule is COc1ccc2c(c1)CCCC2(O)CNS(=O)(=O)c1ccc2ccccc2c1. The fraction of sp³-hybridized carbons (Fsp3) is 0.273. The molecular formula is C22H23NO4S. The molecule has 0 amide bonds. The van der Waals surface area contributed by atoms with Gasteiger partial charge >= 0.3 is 0 Å². The van der Waals surface area contributed by atoms with Crippen LogP contribution in [0.1, 0.15) is 24.0 Å². The van der Waals surface area contributed by atoms with Gasteiger partial charge in [-0.2, -0.15) is 0 Å². The van der Waals surface area contributed by atoms with Crippen LogP contribution in [0, 0.1) is 0 Å². The predicted octanol–water partition coefficient (Wildman–Crippen LogP) is 3.35. The van der Waals surface area contributed by atoms with Gasteiger partial charge in [0.25, 0.3) is 0 Å². The molecule has 1 aliphatic carbocycles. The number of benzene rings is 3. The van der Waals surface area contributed by atoms with Gasteiger partial charge in [0, 0.05) is 6.54 Å². The fourth-order valence-electron chi connectivity index (χ4n) is 3.88. The van der Waals surface area contributed by atoms with E-state index in [1.165, 1.54) is 0 Å². The summed E-state index contributed by atoms with van der Waals surface area (Å²) < 4.78 is 33.5. The zero-order valence-corrected chi connectivity index (χ0v) is 16.5. The van der Waals surface area contributed by atoms with Crippen LogP contribution in [-0.4, -0.2) is 27.2 Å². The summed E-state index contributed by atoms with van der Waals surface area (Å²) in [5.74, 6) is 0.736. The second-order valence-corrected chi connectivity index (χ2v) is 9.01. The number of nitrogens with one attached hydrogen (secondary N) is 1. The van der Waals surface area contributed by atoms with Crippen molar-refractivity contribution in [1.29, 1.82) is 0 Å². The highest BCUT2D eigenvalue weighted by atomic mass is 32.2. The minimum Gasteiger partial charge on any atom is -0.497 e. The number of rotatable bonds is 5. The lowest BCUT2D eigenvalue weighted by molar-refractivity contribution is 0.0242. The van der Waals surface area contributed by atoms with Gasteiger partial charge in [-0.25, -0.2) is 13.1 Å². The van der Waals surface area contributed by atoms with E-state index in [4.69, 9.17) is 4.74 Å². The third-order valence-electron chi connectivity index (χ3n) is 5.44. The standard InChI is InChI=1S/C22H23NO4S/c1-27-19-9-11-21-18(13-19)7-4-12-22(21,24)15-23-28(25,26)20-10-8-16-5-2-3-6-17(16)14-20/h2-3,5-6,8-11,13-14,23-24H,4,7,12,15H2,1H3. The molecule has 5 nitrogen and oxygen atoms in total. The van der Waals surface area contributed by atoms with Gasteiger partial charge in [-0.05, 0) is 65.4 Å². The number of hydrogen-bond donors (Lipinski definition) is 2. The van der Waals surface area contributed by atoms with E-state index >= 15 is 0 Å². The van der Waals surface area contributed by atoms with E-state index in [1.54, 1.807) is 31.4 Å². The lowest BCUT2D eigenvalue weighted by atomic mass is 9.79. The van der Waals surface area contributed by atoms with Crippen LogP contribution in [-0.2, 0) is 22.0 Å². The average molecular weight is 397 g/mol. The molecule has 0 aliphatic heterocycles. The molecule has 0 spiro atoms. The molecule has 4 rings (SSSR count). The first-order valence-electron chi connectivity index (χ1n) is 9.30. The Bertz CT molecular complexity index is 1130. The second-order valence-electron chi connectivity index (χ2n) is 7.24. The van der Waals surface area contributed by atoms with Crippen LogP contribution >= 0.6 is 0 Å². The molecule has 0 radical (unpaired) electrons. The maximum atomic E-state index is 12.8. The molecule has 1 atom stereocenters. The van der Waals surface area contributed by atoms with Crippen LogP contribution in [0.15, 0.2) is 65.6 Å². The van der Waals surface area contributed by atoms with E-state index < -0.39 is 15.6 Å². The summed E-state index contributed by atoms with van der Waals surface area (Å²) in [4.78, 5) is 0.195. The Labute approximate surface area is 165 Å². The third kappa shape index (κ3) is 3.51. The molecule has 28 heavy (non-hydrogen) atoms. The summed E-state index contributed by atoms with van der Waals surface area (Å²) in [6, 6.07) is 18.2. The maximum Gasteiger partial charge on any atom is 0.240 e. The number of ether oxygens (including phenoxy) is 1. The van der Waals surface area contributed by atoms with Gasteiger partial charge in [-0.15, -0.1) is 0 Å². The quantitative estimate of drug-likeness (QED) is 0.692. The van der Waals surface area contributed by atoms with E-state index in [1.807, 2.05) is 36.4 Å². The molecule has 0 fully saturated rings. The van der Waals surface area contributed by atoms with Crippen molar-refractivity contribution >= 4 is 20.8 Å². The summed E-state index contributed by atoms with van der Waals surface area (Å²) in [5.41, 5.74) is 0.530. The Morgan fingerprint density at radius 3 is 2.64 bits per heavy atom. The van der Waals surface area contributed by atoms with Crippen LogP contribution in [0.5, 0.6) is 5.75 Å². The smallest absolute Gasteiger partial charge is 0.240 e. The van der Waals surface area contributed by atoms with Gasteiger partial charge in [-0.3, -0.25) is 0 Å². The summed E-state index contributed by atoms with van der Waals surface area (Å²) >= 11 is 0. The van der Waals surface area contributed by atoms with E-state index in [0.29, 0.717) is 6.42 Å². The molecule has 3 aromatic rings. The summed E-state index contributed by atoms with van der Waals surface area (Å²) in [5, 5.41) is 13.0. The first-order chi connectivity index (χ1) is 13.4. The van der Waals surface area contributed by atoms with Gasteiger partial charge < -0.3 is 9.84 Å². The van der Waals surface area contributed by atoms with Crippen molar-refractivity contribution in [2.75, 3.05) is 13.7 Å². The van der Waals surface area contributed by atoms with Crippen LogP contribution in [0.3, 0.4) is 0 Å². The highest BCUT2D eigenvalue weighted by molar-refractivity contribution is 7.89. The molecule has 146 valence electrons. The Hall–Kier alpha value is -2.41. The first kappa shape index (κ1) is 18.9. The molecule has 0 saturated carbocycles. The highest BCUT2D eigenvalue weighted by Gasteiger charge is 2.35. The minimum absolute atomic E-state index is 0.0680. The number of aliphatic hydroxyl groups is 1. The first-order valence-corrected chi connectivity index (χ1v) is 10.8. The number of aryl methyl sites for hydroxylation is 1. The number of hydrogen-bond acceptors (Lipinski definition) is 4. The van der Waals surface area contributed by atoms with Crippen LogP contribution < -0.4 is 9.46 Å². The van der Waals surface area contributed by atoms with Gasteiger partial charge in [0.1, 0.15) is 11.4 Å². The van der Waals surface area contributed by atoms with Crippen molar-refractivity contribution in [2.24, 2.45) is 0 Å². The Morgan fingerprint density at radius 1 is 1.07 bits per heavy atom. The largest absolute Gasteiger partial charge is 0.497 e. The lowest BCUT2D eigenvalue weighted by Crippen LogP contribution is -2.42. The topological polar surface area (TPSA) is 75.6 Å². The van der Waals surface area contributed by atoms with Crippen molar-refractivity contribution in [1.82, 2.24) is 4.72 Å². The van der Waals surface area contributed by atoms with Crippen LogP contribution in [0.2, 0.25) is 0 Å². The van der Waals surface area contributed by atoms with E-state index in [0.717, 1.165) is 40.5 Å². The molecule has 2 N–H and O–H groups in total. The lowest BCUT2D eigenvalue weighted by Gasteiger charge is -2.34. The molecule has 0 bridgehead atoms. The second kappa shape index (κ2) is 7.20. The zero-order chi connectivity index (χ0) is 19.8. The molecule has 3 aromatic carbocycles. The van der Waals surface area contributed by atoms with E-state index in [9.17, 15) is 13.5 Å². The predicted molar refractivity (Wildman–Crippen MR) is 109 cm³/mol. The van der Waals surface area contributed by atoms with Crippen molar-refractivity contribution in [3.05, 3.63) is 71.8 Å². The van der Waals surface area contributed by atoms with Crippen molar-refractivity contribution in [3.8, 4) is 5.75 Å². The Kier molecular flexibility index (Phi) is 4.87. The summed E-state index contributed by atoms with van der Waals surface area (Å²) in [6.45, 7) is -0.0680. The summed E-state index contributed by atoms with van der Waals surface area (Å²) in [7, 11) is -2.13. The zero-order valence-electron chi connectivity index (χ0n) is 15.7. The van der Waals surface area contributed by atoms with E-state index in [2.05, 4.69) is 4.72 Å². The monoisotopic (exact) mass is 397 g/mol. The Morgan fingerprint density at radius 2 is 1.86 bits per heavy atom. The summed E-state index contributed by atoms with van der Waals surface area (Å²) in [6.07, 6.45) is 2.13. The fourth-order valence-corrected chi connectivity index (χ4v) is 5.00. The van der Waals surface area contributed by atoms with Crippen LogP contribution in [0.25, 0.3) is 10.8 Å². The molecule has 0 aromatic heterocycles. The third-order valence-corrected chi connectivity index (χ3v) is 6.84. The Balaban J connectivity index is 1.59. The maximum absolute atomic E-state index is 12.8. The van der Waals surface area contributed by atoms with Crippen molar-refractivity contribution in [3.63, 3.8) is 0 Å². The van der Waals surface area contributed by atoms with Crippen LogP contribution in [0.4, 0.5) is 0 Å². The number of fused-ring (bicyclic) bond motifs is 2. The molecule has 6 heteroatoms. The molecular weight excluding hydrogens is 374 g/mol. The van der Waals surface area contributed by atoms with E-state index in [-0.39, 0.29) is 11.4 Å². The molecule has 0 heterocycles. The van der Waals surface area contributed by atoms with Gasteiger partial charge in [0.2, 0.25) is 10.0 Å². The van der Waals surface area contributed by atoms with Gasteiger partial charge in [0.15, 0.2) is 0 Å². The van der Waals surface area contributed by atoms with Gasteiger partial charge in [0.05, 0.1) is 12.0 Å².